The summed E-state index contributed by atoms with van der Waals surface area (Å²) in [5.41, 5.74) is 3.28. The third kappa shape index (κ3) is 2.46. The van der Waals surface area contributed by atoms with Gasteiger partial charge in [0.1, 0.15) is 12.4 Å². The van der Waals surface area contributed by atoms with Gasteiger partial charge in [-0.1, -0.05) is 17.7 Å². The van der Waals surface area contributed by atoms with E-state index in [0.29, 0.717) is 12.4 Å². The van der Waals surface area contributed by atoms with E-state index in [2.05, 4.69) is 16.4 Å². The molecular weight excluding hydrogens is 264 g/mol. The molecule has 4 nitrogen and oxygen atoms in total. The second-order valence-corrected chi connectivity index (χ2v) is 4.97. The third-order valence-electron chi connectivity index (χ3n) is 3.38. The molecule has 5 heteroatoms. The molecule has 100 valence electrons. The number of fused-ring (bicyclic) bond motifs is 1. The molecule has 0 unspecified atom stereocenters. The zero-order valence-corrected chi connectivity index (χ0v) is 11.5. The minimum Gasteiger partial charge on any atom is -0.484 e. The van der Waals surface area contributed by atoms with E-state index in [1.165, 1.54) is 17.5 Å². The molecule has 2 aromatic rings. The van der Waals surface area contributed by atoms with E-state index in [1.54, 1.807) is 0 Å². The number of benzene rings is 1. The summed E-state index contributed by atoms with van der Waals surface area (Å²) >= 11 is 6.41. The quantitative estimate of drug-likeness (QED) is 0.938. The van der Waals surface area contributed by atoms with Crippen LogP contribution in [0, 0.1) is 6.92 Å². The Kier molecular flexibility index (Phi) is 3.44. The van der Waals surface area contributed by atoms with Crippen molar-refractivity contribution in [3.8, 4) is 5.75 Å². The van der Waals surface area contributed by atoms with Crippen LogP contribution in [0.4, 0.5) is 0 Å². The van der Waals surface area contributed by atoms with E-state index in [0.717, 1.165) is 36.0 Å². The summed E-state index contributed by atoms with van der Waals surface area (Å²) in [4.78, 5) is 4.03. The fourth-order valence-corrected chi connectivity index (χ4v) is 2.57. The molecule has 3 rings (SSSR count). The van der Waals surface area contributed by atoms with Crippen LogP contribution in [-0.4, -0.2) is 11.5 Å². The highest BCUT2D eigenvalue weighted by molar-refractivity contribution is 6.33. The third-order valence-corrected chi connectivity index (χ3v) is 3.79. The van der Waals surface area contributed by atoms with Crippen molar-refractivity contribution in [2.45, 2.75) is 26.5 Å². The van der Waals surface area contributed by atoms with Crippen molar-refractivity contribution in [3.05, 3.63) is 46.1 Å². The van der Waals surface area contributed by atoms with E-state index in [-0.39, 0.29) is 0 Å². The van der Waals surface area contributed by atoms with Gasteiger partial charge in [0, 0.05) is 6.54 Å². The van der Waals surface area contributed by atoms with E-state index >= 15 is 0 Å². The molecule has 0 aliphatic carbocycles. The van der Waals surface area contributed by atoms with Crippen molar-refractivity contribution < 1.29 is 9.15 Å². The number of ether oxygens (including phenoxy) is 1. The molecule has 0 fully saturated rings. The van der Waals surface area contributed by atoms with Crippen LogP contribution in [0.3, 0.4) is 0 Å². The SMILES string of the molecule is Cc1ncoc1COc1ccc2c(c1Cl)CCNC2. The summed E-state index contributed by atoms with van der Waals surface area (Å²) in [6, 6.07) is 3.98. The van der Waals surface area contributed by atoms with Gasteiger partial charge in [-0.05, 0) is 37.1 Å². The van der Waals surface area contributed by atoms with Gasteiger partial charge in [0.15, 0.2) is 12.2 Å². The monoisotopic (exact) mass is 278 g/mol. The maximum atomic E-state index is 6.41. The van der Waals surface area contributed by atoms with E-state index in [9.17, 15) is 0 Å². The highest BCUT2D eigenvalue weighted by atomic mass is 35.5. The van der Waals surface area contributed by atoms with Crippen LogP contribution in [-0.2, 0) is 19.6 Å². The van der Waals surface area contributed by atoms with Crippen LogP contribution in [0.15, 0.2) is 22.9 Å². The number of nitrogens with one attached hydrogen (secondary N) is 1. The lowest BCUT2D eigenvalue weighted by atomic mass is 10.0. The largest absolute Gasteiger partial charge is 0.484 e. The van der Waals surface area contributed by atoms with Crippen molar-refractivity contribution in [1.29, 1.82) is 0 Å². The van der Waals surface area contributed by atoms with Crippen molar-refractivity contribution in [2.24, 2.45) is 0 Å². The molecule has 0 saturated carbocycles. The van der Waals surface area contributed by atoms with Crippen molar-refractivity contribution in [1.82, 2.24) is 10.3 Å². The molecule has 1 aromatic heterocycles. The number of hydrogen-bond acceptors (Lipinski definition) is 4. The minimum absolute atomic E-state index is 0.350. The van der Waals surface area contributed by atoms with Crippen molar-refractivity contribution >= 4 is 11.6 Å². The number of aromatic nitrogens is 1. The molecule has 19 heavy (non-hydrogen) atoms. The molecule has 0 radical (unpaired) electrons. The first kappa shape index (κ1) is 12.5. The zero-order chi connectivity index (χ0) is 13.2. The predicted octanol–water partition coefficient (Wildman–Crippen LogP) is 2.86. The Labute approximate surface area is 116 Å². The second kappa shape index (κ2) is 5.23. The van der Waals surface area contributed by atoms with E-state index in [1.807, 2.05) is 13.0 Å². The Morgan fingerprint density at radius 3 is 3.16 bits per heavy atom. The van der Waals surface area contributed by atoms with Gasteiger partial charge in [0.05, 0.1) is 10.7 Å². The lowest BCUT2D eigenvalue weighted by Gasteiger charge is -2.20. The fourth-order valence-electron chi connectivity index (χ4n) is 2.23. The first-order valence-corrected chi connectivity index (χ1v) is 6.66. The highest BCUT2D eigenvalue weighted by Gasteiger charge is 2.16. The van der Waals surface area contributed by atoms with Crippen LogP contribution in [0.25, 0.3) is 0 Å². The maximum absolute atomic E-state index is 6.41. The first-order chi connectivity index (χ1) is 9.25. The topological polar surface area (TPSA) is 47.3 Å². The second-order valence-electron chi connectivity index (χ2n) is 4.59. The number of halogens is 1. The summed E-state index contributed by atoms with van der Waals surface area (Å²) in [6.45, 7) is 4.07. The van der Waals surface area contributed by atoms with Gasteiger partial charge in [0.25, 0.3) is 0 Å². The predicted molar refractivity (Wildman–Crippen MR) is 72.4 cm³/mol. The lowest BCUT2D eigenvalue weighted by molar-refractivity contribution is 0.269. The zero-order valence-electron chi connectivity index (χ0n) is 10.7. The normalized spacial score (nSPS) is 14.2. The van der Waals surface area contributed by atoms with Crippen LogP contribution in [0.1, 0.15) is 22.6 Å². The molecule has 1 N–H and O–H groups in total. The highest BCUT2D eigenvalue weighted by Crippen LogP contribution is 2.33. The van der Waals surface area contributed by atoms with Gasteiger partial charge < -0.3 is 14.5 Å². The van der Waals surface area contributed by atoms with Gasteiger partial charge in [-0.3, -0.25) is 0 Å². The van der Waals surface area contributed by atoms with Crippen LogP contribution in [0.5, 0.6) is 5.75 Å². The van der Waals surface area contributed by atoms with Gasteiger partial charge in [0.2, 0.25) is 0 Å². The summed E-state index contributed by atoms with van der Waals surface area (Å²) < 4.78 is 11.0. The minimum atomic E-state index is 0.350. The number of rotatable bonds is 3. The molecule has 0 saturated heterocycles. The number of hydrogen-bond donors (Lipinski definition) is 1. The van der Waals surface area contributed by atoms with Crippen molar-refractivity contribution in [2.75, 3.05) is 6.54 Å². The Balaban J connectivity index is 1.80. The smallest absolute Gasteiger partial charge is 0.181 e. The molecule has 1 aromatic carbocycles. The Morgan fingerprint density at radius 1 is 1.47 bits per heavy atom. The summed E-state index contributed by atoms with van der Waals surface area (Å²) in [6.07, 6.45) is 2.36. The van der Waals surface area contributed by atoms with Gasteiger partial charge in [-0.2, -0.15) is 0 Å². The van der Waals surface area contributed by atoms with Gasteiger partial charge in [-0.25, -0.2) is 4.98 Å². The fraction of sp³-hybridized carbons (Fsp3) is 0.357. The van der Waals surface area contributed by atoms with E-state index < -0.39 is 0 Å². The number of nitrogens with zero attached hydrogens (tertiary/aromatic N) is 1. The summed E-state index contributed by atoms with van der Waals surface area (Å²) in [5, 5.41) is 4.05. The molecule has 1 aliphatic rings. The van der Waals surface area contributed by atoms with E-state index in [4.69, 9.17) is 20.8 Å². The summed E-state index contributed by atoms with van der Waals surface area (Å²) in [5.74, 6) is 1.44. The maximum Gasteiger partial charge on any atom is 0.181 e. The van der Waals surface area contributed by atoms with Gasteiger partial charge >= 0.3 is 0 Å². The molecule has 1 aliphatic heterocycles. The average Bonchev–Trinajstić information content (AvgIpc) is 2.84. The van der Waals surface area contributed by atoms with Crippen LogP contribution < -0.4 is 10.1 Å². The molecule has 0 spiro atoms. The van der Waals surface area contributed by atoms with Crippen LogP contribution >= 0.6 is 11.6 Å². The standard InChI is InChI=1S/C14H15ClN2O2/c1-9-13(19-8-17-9)7-18-12-3-2-10-6-16-5-4-11(10)14(12)15/h2-3,8,16H,4-7H2,1H3. The summed E-state index contributed by atoms with van der Waals surface area (Å²) in [7, 11) is 0. The van der Waals surface area contributed by atoms with Gasteiger partial charge in [-0.15, -0.1) is 0 Å². The first-order valence-electron chi connectivity index (χ1n) is 6.28. The molecule has 0 atom stereocenters. The number of aryl methyl sites for hydroxylation is 1. The Bertz CT molecular complexity index is 595. The lowest BCUT2D eigenvalue weighted by Crippen LogP contribution is -2.23. The average molecular weight is 279 g/mol. The molecule has 0 bridgehead atoms. The Morgan fingerprint density at radius 2 is 2.37 bits per heavy atom. The molecule has 0 amide bonds. The number of oxazole rings is 1. The van der Waals surface area contributed by atoms with Crippen molar-refractivity contribution in [3.63, 3.8) is 0 Å². The molecular formula is C14H15ClN2O2. The Hall–Kier alpha value is -1.52. The van der Waals surface area contributed by atoms with Crippen LogP contribution in [0.2, 0.25) is 5.02 Å². The molecule has 2 heterocycles.